The normalized spacial score (nSPS) is 16.8. The van der Waals surface area contributed by atoms with Gasteiger partial charge in [0, 0.05) is 18.4 Å². The molecule has 1 saturated carbocycles. The minimum atomic E-state index is 0.522. The predicted octanol–water partition coefficient (Wildman–Crippen LogP) is 4.70. The van der Waals surface area contributed by atoms with E-state index in [-0.39, 0.29) is 0 Å². The second kappa shape index (κ2) is 7.78. The van der Waals surface area contributed by atoms with Gasteiger partial charge in [0.25, 0.3) is 0 Å². The summed E-state index contributed by atoms with van der Waals surface area (Å²) < 4.78 is 0. The fourth-order valence-electron chi connectivity index (χ4n) is 2.97. The molecular formula is C15H30BrN. The van der Waals surface area contributed by atoms with Gasteiger partial charge in [-0.25, -0.2) is 0 Å². The van der Waals surface area contributed by atoms with Crippen LogP contribution in [0.3, 0.4) is 0 Å². The third-order valence-corrected chi connectivity index (χ3v) is 5.25. The minimum Gasteiger partial charge on any atom is -0.303 e. The summed E-state index contributed by atoms with van der Waals surface area (Å²) in [4.78, 5) is 2.70. The predicted molar refractivity (Wildman–Crippen MR) is 80.9 cm³/mol. The monoisotopic (exact) mass is 303 g/mol. The van der Waals surface area contributed by atoms with Crippen molar-refractivity contribution in [1.82, 2.24) is 4.90 Å². The van der Waals surface area contributed by atoms with Crippen LogP contribution in [0, 0.1) is 11.3 Å². The molecule has 1 aliphatic carbocycles. The van der Waals surface area contributed by atoms with Crippen LogP contribution in [0.15, 0.2) is 0 Å². The van der Waals surface area contributed by atoms with Gasteiger partial charge in [0.15, 0.2) is 0 Å². The van der Waals surface area contributed by atoms with Gasteiger partial charge in [-0.3, -0.25) is 0 Å². The second-order valence-corrected chi connectivity index (χ2v) is 6.47. The summed E-state index contributed by atoms with van der Waals surface area (Å²) in [5, 5.41) is 1.17. The van der Waals surface area contributed by atoms with Crippen LogP contribution < -0.4 is 0 Å². The fourth-order valence-corrected chi connectivity index (χ4v) is 3.70. The zero-order valence-electron chi connectivity index (χ0n) is 12.0. The van der Waals surface area contributed by atoms with E-state index in [1.165, 1.54) is 63.5 Å². The van der Waals surface area contributed by atoms with Crippen molar-refractivity contribution in [2.45, 2.75) is 59.3 Å². The summed E-state index contributed by atoms with van der Waals surface area (Å²) in [6.07, 6.45) is 8.30. The molecule has 0 aliphatic heterocycles. The summed E-state index contributed by atoms with van der Waals surface area (Å²) in [7, 11) is 0. The number of alkyl halides is 1. The molecule has 0 saturated heterocycles. The van der Waals surface area contributed by atoms with Gasteiger partial charge < -0.3 is 4.90 Å². The van der Waals surface area contributed by atoms with Crippen molar-refractivity contribution in [3.05, 3.63) is 0 Å². The summed E-state index contributed by atoms with van der Waals surface area (Å²) in [5.41, 5.74) is 0.522. The van der Waals surface area contributed by atoms with Gasteiger partial charge in [0.1, 0.15) is 0 Å². The highest BCUT2D eigenvalue weighted by Gasteiger charge is 2.31. The SMILES string of the molecule is CCCC(CBr)(CCC)CN(CC)CC1CC1. The molecule has 0 aromatic rings. The number of rotatable bonds is 10. The van der Waals surface area contributed by atoms with Crippen LogP contribution in [0.5, 0.6) is 0 Å². The first-order chi connectivity index (χ1) is 8.19. The molecule has 0 unspecified atom stereocenters. The van der Waals surface area contributed by atoms with E-state index in [9.17, 15) is 0 Å². The van der Waals surface area contributed by atoms with Crippen LogP contribution >= 0.6 is 15.9 Å². The van der Waals surface area contributed by atoms with Crippen LogP contribution in [0.1, 0.15) is 59.3 Å². The Bertz CT molecular complexity index is 195. The Morgan fingerprint density at radius 1 is 1.12 bits per heavy atom. The van der Waals surface area contributed by atoms with Crippen molar-refractivity contribution < 1.29 is 0 Å². The Hall–Kier alpha value is 0.440. The number of halogens is 1. The second-order valence-electron chi connectivity index (χ2n) is 5.90. The van der Waals surface area contributed by atoms with E-state index >= 15 is 0 Å². The van der Waals surface area contributed by atoms with Gasteiger partial charge >= 0.3 is 0 Å². The average molecular weight is 304 g/mol. The highest BCUT2D eigenvalue weighted by molar-refractivity contribution is 9.09. The molecule has 2 heteroatoms. The molecule has 17 heavy (non-hydrogen) atoms. The molecule has 0 amide bonds. The Labute approximate surface area is 116 Å². The Balaban J connectivity index is 2.53. The van der Waals surface area contributed by atoms with Crippen LogP contribution in [0.4, 0.5) is 0 Å². The first-order valence-corrected chi connectivity index (χ1v) is 8.60. The maximum absolute atomic E-state index is 3.79. The van der Waals surface area contributed by atoms with E-state index in [0.29, 0.717) is 5.41 Å². The van der Waals surface area contributed by atoms with Crippen molar-refractivity contribution in [2.24, 2.45) is 11.3 Å². The summed E-state index contributed by atoms with van der Waals surface area (Å²) >= 11 is 3.79. The van der Waals surface area contributed by atoms with Crippen LogP contribution in [-0.4, -0.2) is 29.9 Å². The zero-order chi connectivity index (χ0) is 12.7. The van der Waals surface area contributed by atoms with Crippen LogP contribution in [0.25, 0.3) is 0 Å². The standard InChI is InChI=1S/C15H30BrN/c1-4-9-15(12-16,10-5-2)13-17(6-3)11-14-7-8-14/h14H,4-13H2,1-3H3. The lowest BCUT2D eigenvalue weighted by Crippen LogP contribution is -2.40. The molecular weight excluding hydrogens is 274 g/mol. The third kappa shape index (κ3) is 5.30. The quantitative estimate of drug-likeness (QED) is 0.529. The van der Waals surface area contributed by atoms with E-state index in [0.717, 1.165) is 5.92 Å². The van der Waals surface area contributed by atoms with Crippen LogP contribution in [0.2, 0.25) is 0 Å². The van der Waals surface area contributed by atoms with Gasteiger partial charge in [-0.1, -0.05) is 49.5 Å². The van der Waals surface area contributed by atoms with Gasteiger partial charge in [0.05, 0.1) is 0 Å². The van der Waals surface area contributed by atoms with Crippen LogP contribution in [-0.2, 0) is 0 Å². The van der Waals surface area contributed by atoms with E-state index < -0.39 is 0 Å². The van der Waals surface area contributed by atoms with Crippen molar-refractivity contribution >= 4 is 15.9 Å². The van der Waals surface area contributed by atoms with E-state index in [2.05, 4.69) is 41.6 Å². The molecule has 0 bridgehead atoms. The van der Waals surface area contributed by atoms with E-state index in [1.54, 1.807) is 0 Å². The first-order valence-electron chi connectivity index (χ1n) is 7.48. The van der Waals surface area contributed by atoms with Gasteiger partial charge in [-0.2, -0.15) is 0 Å². The van der Waals surface area contributed by atoms with Gasteiger partial charge in [-0.15, -0.1) is 0 Å². The number of nitrogens with zero attached hydrogens (tertiary/aromatic N) is 1. The number of hydrogen-bond donors (Lipinski definition) is 0. The average Bonchev–Trinajstić information content (AvgIpc) is 3.12. The summed E-state index contributed by atoms with van der Waals surface area (Å²) in [6, 6.07) is 0. The fraction of sp³-hybridized carbons (Fsp3) is 1.00. The molecule has 0 aromatic carbocycles. The first kappa shape index (κ1) is 15.5. The smallest absolute Gasteiger partial charge is 0.0100 e. The Kier molecular flexibility index (Phi) is 7.10. The Morgan fingerprint density at radius 3 is 2.06 bits per heavy atom. The van der Waals surface area contributed by atoms with Gasteiger partial charge in [0.2, 0.25) is 0 Å². The largest absolute Gasteiger partial charge is 0.303 e. The lowest BCUT2D eigenvalue weighted by Gasteiger charge is -2.37. The maximum Gasteiger partial charge on any atom is 0.0100 e. The van der Waals surface area contributed by atoms with Crippen molar-refractivity contribution in [2.75, 3.05) is 25.0 Å². The topological polar surface area (TPSA) is 3.24 Å². The molecule has 1 nitrogen and oxygen atoms in total. The summed E-state index contributed by atoms with van der Waals surface area (Å²) in [6.45, 7) is 10.8. The molecule has 0 N–H and O–H groups in total. The molecule has 1 fully saturated rings. The lowest BCUT2D eigenvalue weighted by molar-refractivity contribution is 0.147. The third-order valence-electron chi connectivity index (χ3n) is 4.06. The van der Waals surface area contributed by atoms with Crippen molar-refractivity contribution in [3.63, 3.8) is 0 Å². The van der Waals surface area contributed by atoms with Crippen molar-refractivity contribution in [3.8, 4) is 0 Å². The van der Waals surface area contributed by atoms with Crippen molar-refractivity contribution in [1.29, 1.82) is 0 Å². The van der Waals surface area contributed by atoms with Gasteiger partial charge in [-0.05, 0) is 43.6 Å². The molecule has 0 atom stereocenters. The molecule has 102 valence electrons. The molecule has 1 aliphatic rings. The highest BCUT2D eigenvalue weighted by Crippen LogP contribution is 2.35. The summed E-state index contributed by atoms with van der Waals surface area (Å²) in [5.74, 6) is 1.02. The minimum absolute atomic E-state index is 0.522. The molecule has 0 heterocycles. The zero-order valence-corrected chi connectivity index (χ0v) is 13.6. The lowest BCUT2D eigenvalue weighted by atomic mass is 9.80. The molecule has 0 aromatic heterocycles. The van der Waals surface area contributed by atoms with E-state index in [1.807, 2.05) is 0 Å². The Morgan fingerprint density at radius 2 is 1.71 bits per heavy atom. The highest BCUT2D eigenvalue weighted by atomic mass is 79.9. The molecule has 1 rings (SSSR count). The number of hydrogen-bond acceptors (Lipinski definition) is 1. The molecule has 0 radical (unpaired) electrons. The maximum atomic E-state index is 3.79. The molecule has 0 spiro atoms. The van der Waals surface area contributed by atoms with E-state index in [4.69, 9.17) is 0 Å².